The number of rotatable bonds is 4. The molecular weight excluding hydrogens is 210 g/mol. The molecule has 0 spiro atoms. The van der Waals surface area contributed by atoms with E-state index < -0.39 is 11.6 Å². The lowest BCUT2D eigenvalue weighted by molar-refractivity contribution is -0.156. The number of amides is 1. The van der Waals surface area contributed by atoms with Crippen LogP contribution in [0.25, 0.3) is 0 Å². The molecule has 16 heavy (non-hydrogen) atoms. The Labute approximate surface area is 93.8 Å². The Balaban J connectivity index is 1.79. The molecule has 2 fully saturated rings. The van der Waals surface area contributed by atoms with Gasteiger partial charge in [0.2, 0.25) is 5.91 Å². The standard InChI is InChI=1S/C11H17NO4/c1-11(16,10(14)15)5-12-9(13)8-6-3-2-4-7(6)8/h6-8,16H,2-5H2,1H3,(H,12,13)(H,14,15). The van der Waals surface area contributed by atoms with Crippen LogP contribution in [0.15, 0.2) is 0 Å². The Kier molecular flexibility index (Phi) is 2.66. The monoisotopic (exact) mass is 227 g/mol. The minimum absolute atomic E-state index is 0.0679. The van der Waals surface area contributed by atoms with Gasteiger partial charge in [0.1, 0.15) is 0 Å². The van der Waals surface area contributed by atoms with E-state index in [9.17, 15) is 14.7 Å². The third kappa shape index (κ3) is 1.91. The molecule has 1 amide bonds. The van der Waals surface area contributed by atoms with Gasteiger partial charge < -0.3 is 15.5 Å². The van der Waals surface area contributed by atoms with Gasteiger partial charge in [-0.3, -0.25) is 4.79 Å². The van der Waals surface area contributed by atoms with Crippen LogP contribution in [-0.4, -0.2) is 34.2 Å². The number of carbonyl (C=O) groups excluding carboxylic acids is 1. The number of aliphatic carboxylic acids is 1. The van der Waals surface area contributed by atoms with Crippen LogP contribution in [0.4, 0.5) is 0 Å². The fourth-order valence-corrected chi connectivity index (χ4v) is 2.66. The molecule has 5 nitrogen and oxygen atoms in total. The highest BCUT2D eigenvalue weighted by molar-refractivity contribution is 5.84. The van der Waals surface area contributed by atoms with Crippen LogP contribution >= 0.6 is 0 Å². The number of hydrogen-bond donors (Lipinski definition) is 3. The van der Waals surface area contributed by atoms with Crippen molar-refractivity contribution in [2.45, 2.75) is 31.8 Å². The van der Waals surface area contributed by atoms with Crippen molar-refractivity contribution < 1.29 is 19.8 Å². The number of fused-ring (bicyclic) bond motifs is 1. The van der Waals surface area contributed by atoms with Crippen molar-refractivity contribution in [3.63, 3.8) is 0 Å². The predicted molar refractivity (Wildman–Crippen MR) is 55.6 cm³/mol. The first-order valence-electron chi connectivity index (χ1n) is 5.67. The second-order valence-electron chi connectivity index (χ2n) is 5.08. The molecule has 0 aromatic rings. The molecule has 3 unspecified atom stereocenters. The van der Waals surface area contributed by atoms with E-state index in [1.807, 2.05) is 0 Å². The van der Waals surface area contributed by atoms with Crippen molar-refractivity contribution in [1.82, 2.24) is 5.32 Å². The Hall–Kier alpha value is -1.10. The Morgan fingerprint density at radius 2 is 1.94 bits per heavy atom. The van der Waals surface area contributed by atoms with E-state index in [-0.39, 0.29) is 18.4 Å². The summed E-state index contributed by atoms with van der Waals surface area (Å²) in [7, 11) is 0. The minimum Gasteiger partial charge on any atom is -0.479 e. The lowest BCUT2D eigenvalue weighted by Crippen LogP contribution is -2.47. The van der Waals surface area contributed by atoms with Crippen LogP contribution in [0.1, 0.15) is 26.2 Å². The number of carboxylic acid groups (broad SMARTS) is 1. The highest BCUT2D eigenvalue weighted by Crippen LogP contribution is 2.57. The average Bonchev–Trinajstić information content (AvgIpc) is 2.68. The molecule has 2 aliphatic carbocycles. The van der Waals surface area contributed by atoms with Gasteiger partial charge in [-0.25, -0.2) is 4.79 Å². The van der Waals surface area contributed by atoms with Gasteiger partial charge in [0.15, 0.2) is 5.60 Å². The third-order valence-electron chi connectivity index (χ3n) is 3.78. The first-order valence-corrected chi connectivity index (χ1v) is 5.67. The van der Waals surface area contributed by atoms with Crippen LogP contribution in [0.5, 0.6) is 0 Å². The van der Waals surface area contributed by atoms with Crippen molar-refractivity contribution in [2.75, 3.05) is 6.54 Å². The molecule has 2 rings (SSSR count). The van der Waals surface area contributed by atoms with E-state index in [1.54, 1.807) is 0 Å². The second-order valence-corrected chi connectivity index (χ2v) is 5.08. The molecule has 0 radical (unpaired) electrons. The molecule has 3 N–H and O–H groups in total. The second kappa shape index (κ2) is 3.73. The van der Waals surface area contributed by atoms with Gasteiger partial charge in [-0.05, 0) is 31.6 Å². The van der Waals surface area contributed by atoms with Gasteiger partial charge in [-0.15, -0.1) is 0 Å². The highest BCUT2D eigenvalue weighted by Gasteiger charge is 2.56. The quantitative estimate of drug-likeness (QED) is 0.630. The minimum atomic E-state index is -1.88. The number of hydrogen-bond acceptors (Lipinski definition) is 3. The topological polar surface area (TPSA) is 86.6 Å². The molecule has 0 heterocycles. The molecule has 0 aliphatic heterocycles. The van der Waals surface area contributed by atoms with E-state index in [1.165, 1.54) is 13.3 Å². The van der Waals surface area contributed by atoms with E-state index in [4.69, 9.17) is 5.11 Å². The Bertz CT molecular complexity index is 316. The maximum Gasteiger partial charge on any atom is 0.337 e. The summed E-state index contributed by atoms with van der Waals surface area (Å²) in [6, 6.07) is 0. The zero-order valence-electron chi connectivity index (χ0n) is 9.27. The number of aliphatic hydroxyl groups is 1. The summed E-state index contributed by atoms with van der Waals surface area (Å²) < 4.78 is 0. The molecule has 0 saturated heterocycles. The summed E-state index contributed by atoms with van der Waals surface area (Å²) in [4.78, 5) is 22.3. The van der Waals surface area contributed by atoms with Gasteiger partial charge in [0.05, 0.1) is 6.54 Å². The van der Waals surface area contributed by atoms with Crippen molar-refractivity contribution in [1.29, 1.82) is 0 Å². The summed E-state index contributed by atoms with van der Waals surface area (Å²) in [6.45, 7) is 0.959. The summed E-state index contributed by atoms with van der Waals surface area (Å²) in [6.07, 6.45) is 3.42. The van der Waals surface area contributed by atoms with Crippen LogP contribution < -0.4 is 5.32 Å². The summed E-state index contributed by atoms with van der Waals surface area (Å²) in [5.41, 5.74) is -1.88. The number of nitrogens with one attached hydrogen (secondary N) is 1. The van der Waals surface area contributed by atoms with Crippen LogP contribution in [0.3, 0.4) is 0 Å². The van der Waals surface area contributed by atoms with Crippen molar-refractivity contribution >= 4 is 11.9 Å². The average molecular weight is 227 g/mol. The van der Waals surface area contributed by atoms with Crippen molar-refractivity contribution in [3.05, 3.63) is 0 Å². The first-order chi connectivity index (χ1) is 7.43. The SMILES string of the molecule is CC(O)(CNC(=O)C1C2CCCC21)C(=O)O. The maximum atomic E-state index is 11.7. The lowest BCUT2D eigenvalue weighted by atomic mass is 10.1. The fraction of sp³-hybridized carbons (Fsp3) is 0.818. The third-order valence-corrected chi connectivity index (χ3v) is 3.78. The molecule has 90 valence electrons. The van der Waals surface area contributed by atoms with Gasteiger partial charge in [0, 0.05) is 5.92 Å². The van der Waals surface area contributed by atoms with Gasteiger partial charge in [0.25, 0.3) is 0 Å². The maximum absolute atomic E-state index is 11.7. The molecule has 0 aromatic carbocycles. The van der Waals surface area contributed by atoms with E-state index >= 15 is 0 Å². The van der Waals surface area contributed by atoms with E-state index in [2.05, 4.69) is 5.32 Å². The van der Waals surface area contributed by atoms with Gasteiger partial charge >= 0.3 is 5.97 Å². The fourth-order valence-electron chi connectivity index (χ4n) is 2.66. The highest BCUT2D eigenvalue weighted by atomic mass is 16.4. The summed E-state index contributed by atoms with van der Waals surface area (Å²) in [5, 5.41) is 20.6. The predicted octanol–water partition coefficient (Wildman–Crippen LogP) is -0.0157. The zero-order valence-corrected chi connectivity index (χ0v) is 9.27. The Morgan fingerprint density at radius 1 is 1.38 bits per heavy atom. The Morgan fingerprint density at radius 3 is 2.44 bits per heavy atom. The molecule has 2 aliphatic rings. The number of carboxylic acids is 1. The first kappa shape index (κ1) is 11.4. The molecule has 0 bridgehead atoms. The molecular formula is C11H17NO4. The molecule has 0 aromatic heterocycles. The molecule has 3 atom stereocenters. The number of carbonyl (C=O) groups is 2. The van der Waals surface area contributed by atoms with Crippen molar-refractivity contribution in [2.24, 2.45) is 17.8 Å². The van der Waals surface area contributed by atoms with Crippen LogP contribution in [0, 0.1) is 17.8 Å². The molecule has 2 saturated carbocycles. The lowest BCUT2D eigenvalue weighted by Gasteiger charge is -2.18. The van der Waals surface area contributed by atoms with E-state index in [0.717, 1.165) is 12.8 Å². The summed E-state index contributed by atoms with van der Waals surface area (Å²) in [5.74, 6) is -0.331. The largest absolute Gasteiger partial charge is 0.479 e. The van der Waals surface area contributed by atoms with Gasteiger partial charge in [-0.2, -0.15) is 0 Å². The summed E-state index contributed by atoms with van der Waals surface area (Å²) >= 11 is 0. The van der Waals surface area contributed by atoms with E-state index in [0.29, 0.717) is 11.8 Å². The normalized spacial score (nSPS) is 35.0. The van der Waals surface area contributed by atoms with Crippen LogP contribution in [-0.2, 0) is 9.59 Å². The van der Waals surface area contributed by atoms with Crippen LogP contribution in [0.2, 0.25) is 0 Å². The zero-order chi connectivity index (χ0) is 11.9. The smallest absolute Gasteiger partial charge is 0.337 e. The molecule has 5 heteroatoms. The van der Waals surface area contributed by atoms with Gasteiger partial charge in [-0.1, -0.05) is 6.42 Å². The van der Waals surface area contributed by atoms with Crippen molar-refractivity contribution in [3.8, 4) is 0 Å².